The van der Waals surface area contributed by atoms with Crippen molar-refractivity contribution in [2.75, 3.05) is 5.88 Å². The monoisotopic (exact) mass is 205 g/mol. The Morgan fingerprint density at radius 2 is 2.08 bits per heavy atom. The van der Waals surface area contributed by atoms with Crippen molar-refractivity contribution in [2.45, 2.75) is 46.1 Å². The number of halogens is 1. The van der Waals surface area contributed by atoms with Gasteiger partial charge in [-0.2, -0.15) is 0 Å². The number of hydrogen-bond acceptors (Lipinski definition) is 1. The fourth-order valence-electron chi connectivity index (χ4n) is 1.05. The zero-order chi connectivity index (χ0) is 10.3. The van der Waals surface area contributed by atoms with Gasteiger partial charge >= 0.3 is 0 Å². The second kappa shape index (κ2) is 7.19. The Morgan fingerprint density at radius 3 is 2.54 bits per heavy atom. The third-order valence-corrected chi connectivity index (χ3v) is 2.69. The van der Waals surface area contributed by atoms with Crippen molar-refractivity contribution in [3.8, 4) is 0 Å². The lowest BCUT2D eigenvalue weighted by Crippen LogP contribution is -2.36. The van der Waals surface area contributed by atoms with Gasteiger partial charge in [0.05, 0.1) is 0 Å². The minimum Gasteiger partial charge on any atom is -0.353 e. The standard InChI is InChI=1S/C10H20ClNO/c1-4-8(2)9(3)12-10(13)6-5-7-11/h8-9H,4-7H2,1-3H3,(H,12,13). The van der Waals surface area contributed by atoms with Gasteiger partial charge in [-0.1, -0.05) is 20.3 Å². The van der Waals surface area contributed by atoms with Crippen LogP contribution in [-0.2, 0) is 4.79 Å². The molecule has 0 bridgehead atoms. The molecule has 1 N–H and O–H groups in total. The maximum Gasteiger partial charge on any atom is 0.220 e. The van der Waals surface area contributed by atoms with Crippen LogP contribution in [0.5, 0.6) is 0 Å². The normalized spacial score (nSPS) is 15.1. The predicted molar refractivity (Wildman–Crippen MR) is 57.0 cm³/mol. The van der Waals surface area contributed by atoms with Crippen molar-refractivity contribution in [3.63, 3.8) is 0 Å². The van der Waals surface area contributed by atoms with Crippen LogP contribution in [0.15, 0.2) is 0 Å². The molecule has 0 aromatic rings. The first-order chi connectivity index (χ1) is 6.11. The number of nitrogens with one attached hydrogen (secondary N) is 1. The zero-order valence-electron chi connectivity index (χ0n) is 8.77. The second-order valence-electron chi connectivity index (χ2n) is 3.53. The van der Waals surface area contributed by atoms with E-state index in [4.69, 9.17) is 11.6 Å². The Hall–Kier alpha value is -0.240. The number of amides is 1. The molecule has 0 aromatic heterocycles. The summed E-state index contributed by atoms with van der Waals surface area (Å²) in [6, 6.07) is 0.271. The summed E-state index contributed by atoms with van der Waals surface area (Å²) in [6.07, 6.45) is 2.40. The van der Waals surface area contributed by atoms with E-state index < -0.39 is 0 Å². The van der Waals surface area contributed by atoms with E-state index in [1.54, 1.807) is 0 Å². The highest BCUT2D eigenvalue weighted by Crippen LogP contribution is 2.06. The van der Waals surface area contributed by atoms with Crippen LogP contribution in [0.3, 0.4) is 0 Å². The first kappa shape index (κ1) is 12.8. The lowest BCUT2D eigenvalue weighted by molar-refractivity contribution is -0.122. The van der Waals surface area contributed by atoms with Gasteiger partial charge in [-0.3, -0.25) is 4.79 Å². The van der Waals surface area contributed by atoms with Gasteiger partial charge in [0, 0.05) is 18.3 Å². The largest absolute Gasteiger partial charge is 0.353 e. The van der Waals surface area contributed by atoms with E-state index in [0.717, 1.165) is 12.8 Å². The molecule has 0 radical (unpaired) electrons. The van der Waals surface area contributed by atoms with Crippen LogP contribution in [0.25, 0.3) is 0 Å². The van der Waals surface area contributed by atoms with Crippen LogP contribution in [0.4, 0.5) is 0 Å². The fourth-order valence-corrected chi connectivity index (χ4v) is 1.18. The van der Waals surface area contributed by atoms with Gasteiger partial charge in [0.2, 0.25) is 5.91 Å². The van der Waals surface area contributed by atoms with Crippen LogP contribution in [0, 0.1) is 5.92 Å². The highest BCUT2D eigenvalue weighted by molar-refractivity contribution is 6.17. The molecule has 0 spiro atoms. The SMILES string of the molecule is CCC(C)C(C)NC(=O)CCCCl. The molecule has 0 saturated heterocycles. The summed E-state index contributed by atoms with van der Waals surface area (Å²) in [6.45, 7) is 6.32. The third-order valence-electron chi connectivity index (χ3n) is 2.42. The molecule has 78 valence electrons. The number of rotatable bonds is 6. The molecule has 0 aliphatic carbocycles. The molecule has 0 aliphatic rings. The maximum atomic E-state index is 11.3. The third kappa shape index (κ3) is 5.92. The van der Waals surface area contributed by atoms with Crippen molar-refractivity contribution >= 4 is 17.5 Å². The smallest absolute Gasteiger partial charge is 0.220 e. The average Bonchev–Trinajstić information content (AvgIpc) is 2.13. The van der Waals surface area contributed by atoms with Gasteiger partial charge in [-0.15, -0.1) is 11.6 Å². The van der Waals surface area contributed by atoms with E-state index in [-0.39, 0.29) is 11.9 Å². The number of carbonyl (C=O) groups excluding carboxylic acids is 1. The minimum absolute atomic E-state index is 0.119. The highest BCUT2D eigenvalue weighted by Gasteiger charge is 2.12. The topological polar surface area (TPSA) is 29.1 Å². The van der Waals surface area contributed by atoms with Gasteiger partial charge in [-0.25, -0.2) is 0 Å². The lowest BCUT2D eigenvalue weighted by atomic mass is 10.0. The molecule has 1 amide bonds. The summed E-state index contributed by atoms with van der Waals surface area (Å²) in [5.74, 6) is 1.22. The molecular formula is C10H20ClNO. The van der Waals surface area contributed by atoms with Gasteiger partial charge in [0.25, 0.3) is 0 Å². The molecule has 0 rings (SSSR count). The van der Waals surface area contributed by atoms with Crippen molar-refractivity contribution in [3.05, 3.63) is 0 Å². The van der Waals surface area contributed by atoms with E-state index in [1.807, 2.05) is 6.92 Å². The van der Waals surface area contributed by atoms with E-state index in [9.17, 15) is 4.79 Å². The van der Waals surface area contributed by atoms with Crippen molar-refractivity contribution in [1.82, 2.24) is 5.32 Å². The number of hydrogen-bond donors (Lipinski definition) is 1. The van der Waals surface area contributed by atoms with Crippen molar-refractivity contribution < 1.29 is 4.79 Å². The van der Waals surface area contributed by atoms with Gasteiger partial charge in [0.15, 0.2) is 0 Å². The minimum atomic E-state index is 0.119. The zero-order valence-corrected chi connectivity index (χ0v) is 9.53. The van der Waals surface area contributed by atoms with Crippen LogP contribution in [0.2, 0.25) is 0 Å². The summed E-state index contributed by atoms with van der Waals surface area (Å²) in [7, 11) is 0. The van der Waals surface area contributed by atoms with Gasteiger partial charge < -0.3 is 5.32 Å². The van der Waals surface area contributed by atoms with E-state index in [2.05, 4.69) is 19.2 Å². The summed E-state index contributed by atoms with van der Waals surface area (Å²) in [5.41, 5.74) is 0. The molecule has 0 saturated carbocycles. The molecule has 13 heavy (non-hydrogen) atoms. The quantitative estimate of drug-likeness (QED) is 0.664. The Balaban J connectivity index is 3.64. The molecule has 0 heterocycles. The summed E-state index contributed by atoms with van der Waals surface area (Å²) < 4.78 is 0. The number of alkyl halides is 1. The van der Waals surface area contributed by atoms with Gasteiger partial charge in [0.1, 0.15) is 0 Å². The predicted octanol–water partition coefficient (Wildman–Crippen LogP) is 2.56. The summed E-state index contributed by atoms with van der Waals surface area (Å²) in [4.78, 5) is 11.3. The molecular weight excluding hydrogens is 186 g/mol. The Bertz CT molecular complexity index is 150. The van der Waals surface area contributed by atoms with Crippen LogP contribution < -0.4 is 5.32 Å². The second-order valence-corrected chi connectivity index (χ2v) is 3.91. The first-order valence-corrected chi connectivity index (χ1v) is 5.50. The van der Waals surface area contributed by atoms with Crippen LogP contribution in [0.1, 0.15) is 40.0 Å². The van der Waals surface area contributed by atoms with Gasteiger partial charge in [-0.05, 0) is 19.3 Å². The Morgan fingerprint density at radius 1 is 1.46 bits per heavy atom. The molecule has 2 nitrogen and oxygen atoms in total. The molecule has 3 heteroatoms. The molecule has 2 atom stereocenters. The average molecular weight is 206 g/mol. The van der Waals surface area contributed by atoms with E-state index in [1.165, 1.54) is 0 Å². The number of carbonyl (C=O) groups is 1. The first-order valence-electron chi connectivity index (χ1n) is 4.97. The molecule has 0 aromatic carbocycles. The fraction of sp³-hybridized carbons (Fsp3) is 0.900. The lowest BCUT2D eigenvalue weighted by Gasteiger charge is -2.19. The molecule has 0 fully saturated rings. The van der Waals surface area contributed by atoms with E-state index in [0.29, 0.717) is 18.2 Å². The van der Waals surface area contributed by atoms with Crippen molar-refractivity contribution in [1.29, 1.82) is 0 Å². The summed E-state index contributed by atoms with van der Waals surface area (Å²) >= 11 is 5.49. The maximum absolute atomic E-state index is 11.3. The Kier molecular flexibility index (Phi) is 7.06. The highest BCUT2D eigenvalue weighted by atomic mass is 35.5. The van der Waals surface area contributed by atoms with Crippen molar-refractivity contribution in [2.24, 2.45) is 5.92 Å². The summed E-state index contributed by atoms with van der Waals surface area (Å²) in [5, 5.41) is 2.97. The van der Waals surface area contributed by atoms with E-state index >= 15 is 0 Å². The van der Waals surface area contributed by atoms with Crippen LogP contribution >= 0.6 is 11.6 Å². The molecule has 2 unspecified atom stereocenters. The Labute approximate surface area is 86.0 Å². The molecule has 0 aliphatic heterocycles. The van der Waals surface area contributed by atoms with Crippen LogP contribution in [-0.4, -0.2) is 17.8 Å².